The summed E-state index contributed by atoms with van der Waals surface area (Å²) in [4.78, 5) is 0. The van der Waals surface area contributed by atoms with E-state index >= 15 is 0 Å². The second-order valence-electron chi connectivity index (χ2n) is 3.59. The standard InChI is InChI=1S/C13H8ClF3O/c14-10-6-9(13(15,16)17)7-12(8-10)18-11-4-2-1-3-5-11/h1-8H. The average Bonchev–Trinajstić information content (AvgIpc) is 2.28. The highest BCUT2D eigenvalue weighted by atomic mass is 35.5. The lowest BCUT2D eigenvalue weighted by Crippen LogP contribution is -2.04. The highest BCUT2D eigenvalue weighted by Crippen LogP contribution is 2.35. The molecule has 0 N–H and O–H groups in total. The van der Waals surface area contributed by atoms with Gasteiger partial charge in [-0.25, -0.2) is 0 Å². The maximum absolute atomic E-state index is 12.6. The van der Waals surface area contributed by atoms with Crippen LogP contribution < -0.4 is 4.74 Å². The van der Waals surface area contributed by atoms with E-state index in [2.05, 4.69) is 0 Å². The summed E-state index contributed by atoms with van der Waals surface area (Å²) < 4.78 is 43.0. The molecule has 5 heteroatoms. The topological polar surface area (TPSA) is 9.23 Å². The molecule has 0 aliphatic carbocycles. The fraction of sp³-hybridized carbons (Fsp3) is 0.0769. The van der Waals surface area contributed by atoms with Gasteiger partial charge in [-0.1, -0.05) is 29.8 Å². The van der Waals surface area contributed by atoms with Gasteiger partial charge in [0.1, 0.15) is 11.5 Å². The molecule has 0 aliphatic rings. The highest BCUT2D eigenvalue weighted by Gasteiger charge is 2.31. The van der Waals surface area contributed by atoms with Gasteiger partial charge in [0.25, 0.3) is 0 Å². The minimum Gasteiger partial charge on any atom is -0.457 e. The van der Waals surface area contributed by atoms with E-state index in [1.165, 1.54) is 6.07 Å². The molecule has 0 saturated carbocycles. The fourth-order valence-electron chi connectivity index (χ4n) is 1.41. The minimum absolute atomic E-state index is 0.0178. The summed E-state index contributed by atoms with van der Waals surface area (Å²) in [5.41, 5.74) is -0.832. The van der Waals surface area contributed by atoms with E-state index in [4.69, 9.17) is 16.3 Å². The number of halogens is 4. The first-order valence-electron chi connectivity index (χ1n) is 5.06. The minimum atomic E-state index is -4.44. The fourth-order valence-corrected chi connectivity index (χ4v) is 1.64. The number of rotatable bonds is 2. The van der Waals surface area contributed by atoms with E-state index in [1.807, 2.05) is 0 Å². The molecule has 1 nitrogen and oxygen atoms in total. The number of para-hydroxylation sites is 1. The predicted octanol–water partition coefficient (Wildman–Crippen LogP) is 5.15. The van der Waals surface area contributed by atoms with Crippen molar-refractivity contribution >= 4 is 11.6 Å². The molecule has 18 heavy (non-hydrogen) atoms. The monoisotopic (exact) mass is 272 g/mol. The van der Waals surface area contributed by atoms with Gasteiger partial charge < -0.3 is 4.74 Å². The van der Waals surface area contributed by atoms with Crippen LogP contribution in [0, 0.1) is 0 Å². The van der Waals surface area contributed by atoms with Crippen LogP contribution in [0.15, 0.2) is 48.5 Å². The Morgan fingerprint density at radius 2 is 1.56 bits per heavy atom. The summed E-state index contributed by atoms with van der Waals surface area (Å²) in [5.74, 6) is 0.508. The van der Waals surface area contributed by atoms with Crippen LogP contribution in [0.3, 0.4) is 0 Å². The van der Waals surface area contributed by atoms with Crippen molar-refractivity contribution < 1.29 is 17.9 Å². The lowest BCUT2D eigenvalue weighted by atomic mass is 10.2. The Morgan fingerprint density at radius 1 is 0.889 bits per heavy atom. The Morgan fingerprint density at radius 3 is 2.17 bits per heavy atom. The number of benzene rings is 2. The first kappa shape index (κ1) is 12.8. The van der Waals surface area contributed by atoms with Gasteiger partial charge in [-0.05, 0) is 30.3 Å². The number of hydrogen-bond donors (Lipinski definition) is 0. The summed E-state index contributed by atoms with van der Waals surface area (Å²) in [7, 11) is 0. The van der Waals surface area contributed by atoms with Gasteiger partial charge in [-0.2, -0.15) is 13.2 Å². The quantitative estimate of drug-likeness (QED) is 0.734. The van der Waals surface area contributed by atoms with Crippen LogP contribution in [-0.2, 0) is 6.18 Å². The predicted molar refractivity (Wildman–Crippen MR) is 63.0 cm³/mol. The van der Waals surface area contributed by atoms with Crippen molar-refractivity contribution in [3.63, 3.8) is 0 Å². The maximum atomic E-state index is 12.6. The molecule has 2 aromatic rings. The zero-order chi connectivity index (χ0) is 13.2. The summed E-state index contributed by atoms with van der Waals surface area (Å²) in [6.07, 6.45) is -4.44. The molecule has 0 amide bonds. The second kappa shape index (κ2) is 4.90. The third-order valence-corrected chi connectivity index (χ3v) is 2.40. The van der Waals surface area contributed by atoms with Crippen molar-refractivity contribution in [1.29, 1.82) is 0 Å². The largest absolute Gasteiger partial charge is 0.457 e. The van der Waals surface area contributed by atoms with E-state index in [-0.39, 0.29) is 10.8 Å². The Balaban J connectivity index is 2.32. The van der Waals surface area contributed by atoms with Gasteiger partial charge in [0, 0.05) is 5.02 Å². The Kier molecular flexibility index (Phi) is 3.48. The molecule has 94 valence electrons. The molecular formula is C13H8ClF3O. The van der Waals surface area contributed by atoms with Crippen LogP contribution in [-0.4, -0.2) is 0 Å². The van der Waals surface area contributed by atoms with Crippen molar-refractivity contribution in [3.05, 3.63) is 59.1 Å². The summed E-state index contributed by atoms with van der Waals surface area (Å²) in [6.45, 7) is 0. The third kappa shape index (κ3) is 3.17. The van der Waals surface area contributed by atoms with E-state index in [9.17, 15) is 13.2 Å². The van der Waals surface area contributed by atoms with Gasteiger partial charge in [-0.3, -0.25) is 0 Å². The zero-order valence-electron chi connectivity index (χ0n) is 9.04. The Labute approximate surface area is 107 Å². The summed E-state index contributed by atoms with van der Waals surface area (Å²) >= 11 is 5.64. The number of alkyl halides is 3. The Hall–Kier alpha value is -1.68. The van der Waals surface area contributed by atoms with E-state index in [0.717, 1.165) is 12.1 Å². The van der Waals surface area contributed by atoms with Crippen molar-refractivity contribution in [2.75, 3.05) is 0 Å². The average molecular weight is 273 g/mol. The van der Waals surface area contributed by atoms with E-state index < -0.39 is 11.7 Å². The molecule has 0 aromatic heterocycles. The second-order valence-corrected chi connectivity index (χ2v) is 4.02. The number of hydrogen-bond acceptors (Lipinski definition) is 1. The van der Waals surface area contributed by atoms with Gasteiger partial charge in [0.05, 0.1) is 5.56 Å². The summed E-state index contributed by atoms with van der Waals surface area (Å²) in [5, 5.41) is -0.0178. The van der Waals surface area contributed by atoms with E-state index in [1.54, 1.807) is 30.3 Å². The van der Waals surface area contributed by atoms with Crippen LogP contribution in [0.25, 0.3) is 0 Å². The van der Waals surface area contributed by atoms with Gasteiger partial charge >= 0.3 is 6.18 Å². The lowest BCUT2D eigenvalue weighted by molar-refractivity contribution is -0.137. The van der Waals surface area contributed by atoms with Crippen LogP contribution in [0.5, 0.6) is 11.5 Å². The molecule has 0 spiro atoms. The molecule has 0 radical (unpaired) electrons. The molecule has 0 unspecified atom stereocenters. The highest BCUT2D eigenvalue weighted by molar-refractivity contribution is 6.30. The molecule has 2 rings (SSSR count). The summed E-state index contributed by atoms with van der Waals surface area (Å²) in [6, 6.07) is 11.6. The molecule has 0 aliphatic heterocycles. The van der Waals surface area contributed by atoms with Crippen molar-refractivity contribution in [2.24, 2.45) is 0 Å². The van der Waals surface area contributed by atoms with Crippen LogP contribution in [0.2, 0.25) is 5.02 Å². The third-order valence-electron chi connectivity index (χ3n) is 2.18. The van der Waals surface area contributed by atoms with E-state index in [0.29, 0.717) is 5.75 Å². The van der Waals surface area contributed by atoms with Gasteiger partial charge in [0.2, 0.25) is 0 Å². The molecule has 0 saturated heterocycles. The molecule has 2 aromatic carbocycles. The Bertz CT molecular complexity index is 538. The normalized spacial score (nSPS) is 11.3. The molecule has 0 heterocycles. The first-order valence-corrected chi connectivity index (χ1v) is 5.43. The van der Waals surface area contributed by atoms with Crippen molar-refractivity contribution in [2.45, 2.75) is 6.18 Å². The first-order chi connectivity index (χ1) is 8.45. The van der Waals surface area contributed by atoms with Crippen LogP contribution >= 0.6 is 11.6 Å². The molecule has 0 atom stereocenters. The van der Waals surface area contributed by atoms with Gasteiger partial charge in [0.15, 0.2) is 0 Å². The lowest BCUT2D eigenvalue weighted by Gasteiger charge is -2.10. The van der Waals surface area contributed by atoms with Crippen molar-refractivity contribution in [3.8, 4) is 11.5 Å². The van der Waals surface area contributed by atoms with Crippen LogP contribution in [0.1, 0.15) is 5.56 Å². The molecular weight excluding hydrogens is 265 g/mol. The van der Waals surface area contributed by atoms with Crippen molar-refractivity contribution in [1.82, 2.24) is 0 Å². The molecule has 0 fully saturated rings. The maximum Gasteiger partial charge on any atom is 0.416 e. The molecule has 0 bridgehead atoms. The zero-order valence-corrected chi connectivity index (χ0v) is 9.79. The van der Waals surface area contributed by atoms with Crippen LogP contribution in [0.4, 0.5) is 13.2 Å². The number of ether oxygens (including phenoxy) is 1. The smallest absolute Gasteiger partial charge is 0.416 e. The van der Waals surface area contributed by atoms with Gasteiger partial charge in [-0.15, -0.1) is 0 Å². The SMILES string of the molecule is FC(F)(F)c1cc(Cl)cc(Oc2ccccc2)c1.